The van der Waals surface area contributed by atoms with Gasteiger partial charge in [0.05, 0.1) is 5.75 Å². The van der Waals surface area contributed by atoms with Crippen LogP contribution in [0.1, 0.15) is 46.5 Å². The second-order valence-electron chi connectivity index (χ2n) is 4.20. The van der Waals surface area contributed by atoms with Crippen LogP contribution in [-0.4, -0.2) is 55.0 Å². The molecule has 0 aromatic heterocycles. The molecule has 0 saturated heterocycles. The molecule has 0 aliphatic carbocycles. The first-order chi connectivity index (χ1) is 8.41. The monoisotopic (exact) mass is 283 g/mol. The summed E-state index contributed by atoms with van der Waals surface area (Å²) in [6.45, 7) is 10.4. The van der Waals surface area contributed by atoms with Crippen LogP contribution in [0.25, 0.3) is 0 Å². The van der Waals surface area contributed by atoms with Crippen LogP contribution in [-0.2, 0) is 10.1 Å². The summed E-state index contributed by atoms with van der Waals surface area (Å²) < 4.78 is 27.7. The molecule has 0 amide bonds. The van der Waals surface area contributed by atoms with Crippen molar-refractivity contribution in [1.82, 2.24) is 4.90 Å². The second kappa shape index (κ2) is 13.3. The van der Waals surface area contributed by atoms with Gasteiger partial charge in [-0.3, -0.25) is 4.55 Å². The van der Waals surface area contributed by atoms with Crippen molar-refractivity contribution >= 4 is 10.1 Å². The molecule has 0 aliphatic heterocycles. The van der Waals surface area contributed by atoms with Crippen molar-refractivity contribution in [1.29, 1.82) is 0 Å². The number of hydrogen-bond donors (Lipinski definition) is 2. The Hall–Kier alpha value is -0.170. The molecule has 0 bridgehead atoms. The van der Waals surface area contributed by atoms with Gasteiger partial charge in [0, 0.05) is 6.61 Å². The molecular weight excluding hydrogens is 254 g/mol. The van der Waals surface area contributed by atoms with Crippen molar-refractivity contribution in [2.75, 3.05) is 32.0 Å². The van der Waals surface area contributed by atoms with E-state index >= 15 is 0 Å². The Morgan fingerprint density at radius 1 is 0.944 bits per heavy atom. The molecule has 2 N–H and O–H groups in total. The highest BCUT2D eigenvalue weighted by Crippen LogP contribution is 1.94. The van der Waals surface area contributed by atoms with Gasteiger partial charge in [-0.05, 0) is 45.3 Å². The zero-order valence-electron chi connectivity index (χ0n) is 11.9. The molecule has 0 saturated carbocycles. The summed E-state index contributed by atoms with van der Waals surface area (Å²) in [5.41, 5.74) is 0. The molecule has 112 valence electrons. The van der Waals surface area contributed by atoms with E-state index in [1.54, 1.807) is 0 Å². The van der Waals surface area contributed by atoms with Crippen LogP contribution < -0.4 is 0 Å². The number of rotatable bonds is 9. The third kappa shape index (κ3) is 18.2. The minimum atomic E-state index is -3.85. The van der Waals surface area contributed by atoms with Gasteiger partial charge in [-0.2, -0.15) is 8.42 Å². The summed E-state index contributed by atoms with van der Waals surface area (Å²) in [6, 6.07) is 0. The average molecular weight is 283 g/mol. The summed E-state index contributed by atoms with van der Waals surface area (Å²) in [4.78, 5) is 2.54. The van der Waals surface area contributed by atoms with Gasteiger partial charge in [-0.1, -0.05) is 20.8 Å². The van der Waals surface area contributed by atoms with E-state index in [0.717, 1.165) is 0 Å². The Morgan fingerprint density at radius 2 is 1.33 bits per heavy atom. The zero-order chi connectivity index (χ0) is 14.4. The molecule has 0 aromatic carbocycles. The molecular formula is C12H29NO4S. The van der Waals surface area contributed by atoms with E-state index in [-0.39, 0.29) is 18.8 Å². The lowest BCUT2D eigenvalue weighted by atomic mass is 10.3. The van der Waals surface area contributed by atoms with E-state index in [1.807, 2.05) is 0 Å². The summed E-state index contributed by atoms with van der Waals surface area (Å²) in [5.74, 6) is -0.358. The van der Waals surface area contributed by atoms with Crippen LogP contribution in [0.5, 0.6) is 0 Å². The maximum absolute atomic E-state index is 9.83. The van der Waals surface area contributed by atoms with E-state index in [0.29, 0.717) is 0 Å². The van der Waals surface area contributed by atoms with E-state index in [2.05, 4.69) is 25.7 Å². The summed E-state index contributed by atoms with van der Waals surface area (Å²) in [5, 5.41) is 8.05. The predicted octanol–water partition coefficient (Wildman–Crippen LogP) is 1.77. The third-order valence-electron chi connectivity index (χ3n) is 2.18. The van der Waals surface area contributed by atoms with Crippen molar-refractivity contribution in [3.05, 3.63) is 0 Å². The average Bonchev–Trinajstić information content (AvgIpc) is 2.27. The van der Waals surface area contributed by atoms with Crippen molar-refractivity contribution < 1.29 is 18.1 Å². The molecule has 0 unspecified atom stereocenters. The van der Waals surface area contributed by atoms with Crippen molar-refractivity contribution in [3.63, 3.8) is 0 Å². The van der Waals surface area contributed by atoms with Gasteiger partial charge in [0.25, 0.3) is 10.1 Å². The summed E-state index contributed by atoms with van der Waals surface area (Å²) in [6.07, 6.45) is 3.97. The van der Waals surface area contributed by atoms with E-state index in [9.17, 15) is 8.42 Å². The standard InChI is InChI=1S/C9H21N.C3H8O4S/c1-4-7-10(8-5-2)9-6-3;4-2-1-3-8(5,6)7/h4-9H2,1-3H3;4H,1-3H2,(H,5,6,7). The molecule has 0 heterocycles. The van der Waals surface area contributed by atoms with Gasteiger partial charge in [0.1, 0.15) is 0 Å². The highest BCUT2D eigenvalue weighted by atomic mass is 32.2. The fourth-order valence-corrected chi connectivity index (χ4v) is 2.02. The first-order valence-electron chi connectivity index (χ1n) is 6.69. The van der Waals surface area contributed by atoms with Crippen molar-refractivity contribution in [3.8, 4) is 0 Å². The molecule has 0 aliphatic rings. The predicted molar refractivity (Wildman–Crippen MR) is 75.4 cm³/mol. The fraction of sp³-hybridized carbons (Fsp3) is 1.00. The molecule has 0 atom stereocenters. The van der Waals surface area contributed by atoms with Gasteiger partial charge in [-0.25, -0.2) is 0 Å². The molecule has 6 heteroatoms. The van der Waals surface area contributed by atoms with Crippen LogP contribution in [0.2, 0.25) is 0 Å². The Balaban J connectivity index is 0. The molecule has 0 aromatic rings. The van der Waals surface area contributed by atoms with Crippen molar-refractivity contribution in [2.45, 2.75) is 46.5 Å². The normalized spacial score (nSPS) is 11.2. The van der Waals surface area contributed by atoms with E-state index in [4.69, 9.17) is 9.66 Å². The summed E-state index contributed by atoms with van der Waals surface area (Å²) in [7, 11) is -3.85. The molecule has 0 fully saturated rings. The van der Waals surface area contributed by atoms with Crippen LogP contribution >= 0.6 is 0 Å². The molecule has 0 rings (SSSR count). The van der Waals surface area contributed by atoms with Crippen LogP contribution in [0, 0.1) is 0 Å². The third-order valence-corrected chi connectivity index (χ3v) is 2.98. The topological polar surface area (TPSA) is 77.8 Å². The zero-order valence-corrected chi connectivity index (χ0v) is 12.7. The molecule has 0 spiro atoms. The fourth-order valence-electron chi connectivity index (χ4n) is 1.53. The molecule has 0 radical (unpaired) electrons. The van der Waals surface area contributed by atoms with Crippen LogP contribution in [0.4, 0.5) is 0 Å². The number of aliphatic hydroxyl groups excluding tert-OH is 1. The van der Waals surface area contributed by atoms with E-state index in [1.165, 1.54) is 38.9 Å². The lowest BCUT2D eigenvalue weighted by Gasteiger charge is -2.19. The van der Waals surface area contributed by atoms with Gasteiger partial charge >= 0.3 is 0 Å². The first kappa shape index (κ1) is 20.2. The second-order valence-corrected chi connectivity index (χ2v) is 5.78. The Bertz CT molecular complexity index is 241. The first-order valence-corrected chi connectivity index (χ1v) is 8.30. The summed E-state index contributed by atoms with van der Waals surface area (Å²) >= 11 is 0. The lowest BCUT2D eigenvalue weighted by molar-refractivity contribution is 0.275. The lowest BCUT2D eigenvalue weighted by Crippen LogP contribution is -2.25. The van der Waals surface area contributed by atoms with Gasteiger partial charge in [-0.15, -0.1) is 0 Å². The van der Waals surface area contributed by atoms with Crippen LogP contribution in [0.15, 0.2) is 0 Å². The van der Waals surface area contributed by atoms with Crippen LogP contribution in [0.3, 0.4) is 0 Å². The Kier molecular flexibility index (Phi) is 14.9. The minimum Gasteiger partial charge on any atom is -0.396 e. The minimum absolute atomic E-state index is 0.0961. The highest BCUT2D eigenvalue weighted by Gasteiger charge is 2.00. The quantitative estimate of drug-likeness (QED) is 0.631. The molecule has 5 nitrogen and oxygen atoms in total. The maximum atomic E-state index is 9.83. The highest BCUT2D eigenvalue weighted by molar-refractivity contribution is 7.85. The number of nitrogens with zero attached hydrogens (tertiary/aromatic N) is 1. The largest absolute Gasteiger partial charge is 0.396 e. The van der Waals surface area contributed by atoms with Crippen molar-refractivity contribution in [2.24, 2.45) is 0 Å². The van der Waals surface area contributed by atoms with Gasteiger partial charge in [0.15, 0.2) is 0 Å². The van der Waals surface area contributed by atoms with Gasteiger partial charge in [0.2, 0.25) is 0 Å². The SMILES string of the molecule is CCCN(CCC)CCC.O=S(=O)(O)CCCO. The Morgan fingerprint density at radius 3 is 1.50 bits per heavy atom. The smallest absolute Gasteiger partial charge is 0.264 e. The maximum Gasteiger partial charge on any atom is 0.264 e. The Labute approximate surface area is 112 Å². The molecule has 18 heavy (non-hydrogen) atoms. The number of aliphatic hydroxyl groups is 1. The van der Waals surface area contributed by atoms with Gasteiger partial charge < -0.3 is 10.0 Å². The van der Waals surface area contributed by atoms with E-state index < -0.39 is 10.1 Å². The number of hydrogen-bond acceptors (Lipinski definition) is 4.